The van der Waals surface area contributed by atoms with E-state index < -0.39 is 11.5 Å². The van der Waals surface area contributed by atoms with Gasteiger partial charge in [0.05, 0.1) is 6.42 Å². The predicted molar refractivity (Wildman–Crippen MR) is 70.9 cm³/mol. The van der Waals surface area contributed by atoms with Crippen LogP contribution in [-0.4, -0.2) is 51.8 Å². The van der Waals surface area contributed by atoms with E-state index in [1.165, 1.54) is 0 Å². The number of aliphatic hydroxyl groups is 1. The standard InChI is InChI=1S/C13H24N2O4/c1-13(2,9-11(17)18)14-12(19)15(7-4-8-16)10-5-3-6-10/h10,16H,3-9H2,1-2H3,(H,14,19)(H,17,18). The Balaban J connectivity index is 2.57. The highest BCUT2D eigenvalue weighted by molar-refractivity contribution is 5.77. The maximum Gasteiger partial charge on any atom is 0.318 e. The molecule has 0 spiro atoms. The first-order valence-electron chi connectivity index (χ1n) is 6.77. The number of amides is 2. The van der Waals surface area contributed by atoms with Crippen LogP contribution in [0.25, 0.3) is 0 Å². The molecule has 0 saturated heterocycles. The van der Waals surface area contributed by atoms with Crippen LogP contribution in [0.3, 0.4) is 0 Å². The van der Waals surface area contributed by atoms with Crippen molar-refractivity contribution in [3.05, 3.63) is 0 Å². The molecule has 1 fully saturated rings. The Labute approximate surface area is 113 Å². The summed E-state index contributed by atoms with van der Waals surface area (Å²) in [4.78, 5) is 24.7. The minimum absolute atomic E-state index is 0.0506. The molecular weight excluding hydrogens is 248 g/mol. The Morgan fingerprint density at radius 2 is 2.00 bits per heavy atom. The van der Waals surface area contributed by atoms with E-state index in [9.17, 15) is 9.59 Å². The van der Waals surface area contributed by atoms with Crippen molar-refractivity contribution in [1.29, 1.82) is 0 Å². The molecule has 0 bridgehead atoms. The van der Waals surface area contributed by atoms with E-state index in [1.807, 2.05) is 0 Å². The van der Waals surface area contributed by atoms with Gasteiger partial charge in [-0.05, 0) is 39.5 Å². The van der Waals surface area contributed by atoms with E-state index in [4.69, 9.17) is 10.2 Å². The maximum atomic E-state index is 12.2. The Kier molecular flexibility index (Phi) is 5.60. The number of carbonyl (C=O) groups is 2. The number of nitrogens with zero attached hydrogens (tertiary/aromatic N) is 1. The zero-order chi connectivity index (χ0) is 14.5. The molecule has 6 heteroatoms. The van der Waals surface area contributed by atoms with Gasteiger partial charge in [0.15, 0.2) is 0 Å². The number of aliphatic hydroxyl groups excluding tert-OH is 1. The molecule has 3 N–H and O–H groups in total. The van der Waals surface area contributed by atoms with E-state index >= 15 is 0 Å². The summed E-state index contributed by atoms with van der Waals surface area (Å²) in [5.74, 6) is -0.934. The highest BCUT2D eigenvalue weighted by atomic mass is 16.4. The first kappa shape index (κ1) is 15.8. The van der Waals surface area contributed by atoms with Gasteiger partial charge >= 0.3 is 12.0 Å². The lowest BCUT2D eigenvalue weighted by Crippen LogP contribution is -2.55. The zero-order valence-corrected chi connectivity index (χ0v) is 11.7. The lowest BCUT2D eigenvalue weighted by Gasteiger charge is -2.39. The molecule has 0 heterocycles. The first-order valence-corrected chi connectivity index (χ1v) is 6.77. The third-order valence-corrected chi connectivity index (χ3v) is 3.37. The summed E-state index contributed by atoms with van der Waals surface area (Å²) in [6, 6.07) is -0.00317. The monoisotopic (exact) mass is 272 g/mol. The molecule has 19 heavy (non-hydrogen) atoms. The third kappa shape index (κ3) is 5.06. The molecule has 1 rings (SSSR count). The molecular formula is C13H24N2O4. The van der Waals surface area contributed by atoms with Crippen LogP contribution >= 0.6 is 0 Å². The fourth-order valence-electron chi connectivity index (χ4n) is 2.17. The Bertz CT molecular complexity index is 327. The summed E-state index contributed by atoms with van der Waals surface area (Å²) in [6.07, 6.45) is 3.52. The van der Waals surface area contributed by atoms with Gasteiger partial charge in [0, 0.05) is 24.7 Å². The van der Waals surface area contributed by atoms with Gasteiger partial charge in [-0.3, -0.25) is 4.79 Å². The van der Waals surface area contributed by atoms with Crippen LogP contribution in [0.4, 0.5) is 4.79 Å². The summed E-state index contributed by atoms with van der Waals surface area (Å²) in [5.41, 5.74) is -0.774. The number of rotatable bonds is 7. The van der Waals surface area contributed by atoms with Crippen LogP contribution in [0.2, 0.25) is 0 Å². The highest BCUT2D eigenvalue weighted by Gasteiger charge is 2.32. The summed E-state index contributed by atoms with van der Waals surface area (Å²) in [7, 11) is 0. The Hall–Kier alpha value is -1.30. The molecule has 0 aromatic heterocycles. The fraction of sp³-hybridized carbons (Fsp3) is 0.846. The summed E-state index contributed by atoms with van der Waals surface area (Å²) < 4.78 is 0. The van der Waals surface area contributed by atoms with Crippen molar-refractivity contribution in [2.45, 2.75) is 57.5 Å². The number of urea groups is 1. The highest BCUT2D eigenvalue weighted by Crippen LogP contribution is 2.25. The van der Waals surface area contributed by atoms with Crippen molar-refractivity contribution in [2.75, 3.05) is 13.2 Å². The topological polar surface area (TPSA) is 89.9 Å². The van der Waals surface area contributed by atoms with E-state index in [2.05, 4.69) is 5.32 Å². The van der Waals surface area contributed by atoms with Gasteiger partial charge in [0.1, 0.15) is 0 Å². The molecule has 0 aliphatic heterocycles. The molecule has 0 aromatic carbocycles. The largest absolute Gasteiger partial charge is 0.481 e. The SMILES string of the molecule is CC(C)(CC(=O)O)NC(=O)N(CCCO)C1CCC1. The van der Waals surface area contributed by atoms with E-state index in [0.717, 1.165) is 19.3 Å². The molecule has 0 aromatic rings. The maximum absolute atomic E-state index is 12.2. The van der Waals surface area contributed by atoms with E-state index in [1.54, 1.807) is 18.7 Å². The smallest absolute Gasteiger partial charge is 0.318 e. The molecule has 1 saturated carbocycles. The second-order valence-electron chi connectivity index (χ2n) is 5.74. The summed E-state index contributed by atoms with van der Waals surface area (Å²) in [5, 5.41) is 20.5. The van der Waals surface area contributed by atoms with E-state index in [-0.39, 0.29) is 25.1 Å². The molecule has 2 amide bonds. The molecule has 0 atom stereocenters. The number of nitrogens with one attached hydrogen (secondary N) is 1. The van der Waals surface area contributed by atoms with Gasteiger partial charge in [-0.1, -0.05) is 0 Å². The molecule has 1 aliphatic rings. The van der Waals surface area contributed by atoms with Gasteiger partial charge in [0.2, 0.25) is 0 Å². The quantitative estimate of drug-likeness (QED) is 0.649. The lowest BCUT2D eigenvalue weighted by molar-refractivity contribution is -0.138. The van der Waals surface area contributed by atoms with Crippen molar-refractivity contribution in [1.82, 2.24) is 10.2 Å². The van der Waals surface area contributed by atoms with Crippen molar-refractivity contribution in [3.8, 4) is 0 Å². The molecule has 0 radical (unpaired) electrons. The molecule has 1 aliphatic carbocycles. The molecule has 0 unspecified atom stereocenters. The second kappa shape index (κ2) is 6.75. The minimum Gasteiger partial charge on any atom is -0.481 e. The van der Waals surface area contributed by atoms with Gasteiger partial charge in [-0.2, -0.15) is 0 Å². The van der Waals surface area contributed by atoms with Crippen molar-refractivity contribution in [3.63, 3.8) is 0 Å². The van der Waals surface area contributed by atoms with Crippen LogP contribution in [0.15, 0.2) is 0 Å². The first-order chi connectivity index (χ1) is 8.85. The van der Waals surface area contributed by atoms with Crippen LogP contribution in [0.5, 0.6) is 0 Å². The molecule has 110 valence electrons. The Morgan fingerprint density at radius 3 is 2.42 bits per heavy atom. The minimum atomic E-state index is -0.934. The zero-order valence-electron chi connectivity index (χ0n) is 11.7. The van der Waals surface area contributed by atoms with Crippen molar-refractivity contribution in [2.24, 2.45) is 0 Å². The van der Waals surface area contributed by atoms with Gasteiger partial charge in [-0.15, -0.1) is 0 Å². The van der Waals surface area contributed by atoms with Gasteiger partial charge in [-0.25, -0.2) is 4.79 Å². The second-order valence-corrected chi connectivity index (χ2v) is 5.74. The van der Waals surface area contributed by atoms with Crippen LogP contribution in [0, 0.1) is 0 Å². The number of aliphatic carboxylic acids is 1. The van der Waals surface area contributed by atoms with Crippen LogP contribution < -0.4 is 5.32 Å². The van der Waals surface area contributed by atoms with Gasteiger partial charge in [0.25, 0.3) is 0 Å². The number of hydrogen-bond acceptors (Lipinski definition) is 3. The number of carbonyl (C=O) groups excluding carboxylic acids is 1. The summed E-state index contributed by atoms with van der Waals surface area (Å²) in [6.45, 7) is 3.96. The van der Waals surface area contributed by atoms with Crippen molar-refractivity contribution < 1.29 is 19.8 Å². The molecule has 6 nitrogen and oxygen atoms in total. The van der Waals surface area contributed by atoms with Gasteiger partial charge < -0.3 is 20.4 Å². The van der Waals surface area contributed by atoms with Crippen molar-refractivity contribution >= 4 is 12.0 Å². The fourth-order valence-corrected chi connectivity index (χ4v) is 2.17. The third-order valence-electron chi connectivity index (χ3n) is 3.37. The van der Waals surface area contributed by atoms with Crippen LogP contribution in [0.1, 0.15) is 46.0 Å². The number of hydrogen-bond donors (Lipinski definition) is 3. The average molecular weight is 272 g/mol. The number of carboxylic acids is 1. The van der Waals surface area contributed by atoms with E-state index in [0.29, 0.717) is 13.0 Å². The lowest BCUT2D eigenvalue weighted by atomic mass is 9.91. The number of carboxylic acid groups (broad SMARTS) is 1. The summed E-state index contributed by atoms with van der Waals surface area (Å²) >= 11 is 0. The Morgan fingerprint density at radius 1 is 1.37 bits per heavy atom. The normalized spacial score (nSPS) is 15.7. The van der Waals surface area contributed by atoms with Crippen LogP contribution in [-0.2, 0) is 4.79 Å². The predicted octanol–water partition coefficient (Wildman–Crippen LogP) is 1.19. The average Bonchev–Trinajstić information content (AvgIpc) is 2.18.